The number of alkyl halides is 2. The van der Waals surface area contributed by atoms with Crippen LogP contribution in [-0.4, -0.2) is 12.5 Å². The lowest BCUT2D eigenvalue weighted by molar-refractivity contribution is -0.0498. The Labute approximate surface area is 120 Å². The number of hydrogen-bond donors (Lipinski definition) is 2. The fraction of sp³-hybridized carbons (Fsp3) is 0.133. The first-order valence-electron chi connectivity index (χ1n) is 6.18. The summed E-state index contributed by atoms with van der Waals surface area (Å²) in [5, 5.41) is 2.73. The molecule has 0 aliphatic carbocycles. The van der Waals surface area contributed by atoms with Gasteiger partial charge in [0.1, 0.15) is 5.75 Å². The van der Waals surface area contributed by atoms with E-state index in [9.17, 15) is 13.6 Å². The van der Waals surface area contributed by atoms with Gasteiger partial charge >= 0.3 is 6.61 Å². The van der Waals surface area contributed by atoms with Crippen LogP contribution >= 0.6 is 0 Å². The molecule has 0 spiro atoms. The molecule has 3 N–H and O–H groups in total. The van der Waals surface area contributed by atoms with Gasteiger partial charge in [-0.05, 0) is 55.0 Å². The molecule has 0 radical (unpaired) electrons. The minimum Gasteiger partial charge on any atom is -0.435 e. The van der Waals surface area contributed by atoms with Crippen LogP contribution in [0.5, 0.6) is 5.75 Å². The molecule has 0 atom stereocenters. The van der Waals surface area contributed by atoms with Crippen molar-refractivity contribution in [2.24, 2.45) is 0 Å². The Morgan fingerprint density at radius 1 is 1.19 bits per heavy atom. The Hall–Kier alpha value is -2.63. The van der Waals surface area contributed by atoms with Gasteiger partial charge in [-0.15, -0.1) is 0 Å². The maximum Gasteiger partial charge on any atom is 0.387 e. The molecule has 0 bridgehead atoms. The summed E-state index contributed by atoms with van der Waals surface area (Å²) in [6.45, 7) is -1.06. The van der Waals surface area contributed by atoms with Crippen molar-refractivity contribution in [3.8, 4) is 5.75 Å². The van der Waals surface area contributed by atoms with E-state index >= 15 is 0 Å². The van der Waals surface area contributed by atoms with E-state index in [2.05, 4.69) is 10.1 Å². The van der Waals surface area contributed by atoms with E-state index in [0.717, 1.165) is 5.56 Å². The van der Waals surface area contributed by atoms with Crippen molar-refractivity contribution in [1.29, 1.82) is 0 Å². The second-order valence-electron chi connectivity index (χ2n) is 4.43. The second kappa shape index (κ2) is 6.21. The number of benzene rings is 2. The average Bonchev–Trinajstić information content (AvgIpc) is 2.42. The molecule has 0 unspecified atom stereocenters. The first kappa shape index (κ1) is 14.8. The van der Waals surface area contributed by atoms with Crippen LogP contribution in [0.4, 0.5) is 20.2 Å². The van der Waals surface area contributed by atoms with Crippen LogP contribution in [-0.2, 0) is 0 Å². The fourth-order valence-electron chi connectivity index (χ4n) is 1.81. The summed E-state index contributed by atoms with van der Waals surface area (Å²) in [5.74, 6) is -0.336. The topological polar surface area (TPSA) is 64.3 Å². The lowest BCUT2D eigenvalue weighted by Gasteiger charge is -2.10. The van der Waals surface area contributed by atoms with Crippen molar-refractivity contribution in [3.63, 3.8) is 0 Å². The predicted octanol–water partition coefficient (Wildman–Crippen LogP) is 3.43. The highest BCUT2D eigenvalue weighted by Gasteiger charge is 2.09. The Balaban J connectivity index is 2.09. The summed E-state index contributed by atoms with van der Waals surface area (Å²) < 4.78 is 28.3. The first-order chi connectivity index (χ1) is 9.95. The Kier molecular flexibility index (Phi) is 4.37. The second-order valence-corrected chi connectivity index (χ2v) is 4.43. The average molecular weight is 292 g/mol. The molecular weight excluding hydrogens is 278 g/mol. The van der Waals surface area contributed by atoms with Crippen LogP contribution in [0.2, 0.25) is 0 Å². The summed E-state index contributed by atoms with van der Waals surface area (Å²) in [6.07, 6.45) is 0. The molecule has 6 heteroatoms. The Morgan fingerprint density at radius 3 is 2.43 bits per heavy atom. The molecule has 2 aromatic rings. The molecule has 2 rings (SSSR count). The molecule has 0 heterocycles. The van der Waals surface area contributed by atoms with Gasteiger partial charge in [-0.3, -0.25) is 4.79 Å². The predicted molar refractivity (Wildman–Crippen MR) is 76.6 cm³/mol. The number of ether oxygens (including phenoxy) is 1. The molecule has 0 saturated carbocycles. The van der Waals surface area contributed by atoms with Gasteiger partial charge in [0.25, 0.3) is 5.91 Å². The number of nitrogens with one attached hydrogen (secondary N) is 1. The third-order valence-electron chi connectivity index (χ3n) is 2.84. The highest BCUT2D eigenvalue weighted by atomic mass is 19.3. The summed E-state index contributed by atoms with van der Waals surface area (Å²) in [4.78, 5) is 12.1. The first-order valence-corrected chi connectivity index (χ1v) is 6.18. The maximum atomic E-state index is 12.1. The summed E-state index contributed by atoms with van der Waals surface area (Å²) in [5.41, 5.74) is 8.06. The van der Waals surface area contributed by atoms with Gasteiger partial charge in [-0.1, -0.05) is 0 Å². The minimum absolute atomic E-state index is 0.00483. The van der Waals surface area contributed by atoms with E-state index in [1.54, 1.807) is 18.2 Å². The van der Waals surface area contributed by atoms with Gasteiger partial charge in [0.05, 0.1) is 0 Å². The number of anilines is 2. The fourth-order valence-corrected chi connectivity index (χ4v) is 1.81. The molecule has 110 valence electrons. The third-order valence-corrected chi connectivity index (χ3v) is 2.84. The van der Waals surface area contributed by atoms with E-state index < -0.39 is 6.61 Å². The van der Waals surface area contributed by atoms with Crippen LogP contribution in [0, 0.1) is 6.92 Å². The van der Waals surface area contributed by atoms with Crippen molar-refractivity contribution in [3.05, 3.63) is 53.6 Å². The smallest absolute Gasteiger partial charge is 0.387 e. The number of amides is 1. The van der Waals surface area contributed by atoms with Gasteiger partial charge in [0, 0.05) is 16.9 Å². The number of carbonyl (C=O) groups excluding carboxylic acids is 1. The number of halogens is 2. The number of carbonyl (C=O) groups is 1. The van der Waals surface area contributed by atoms with E-state index in [0.29, 0.717) is 16.9 Å². The summed E-state index contributed by atoms with van der Waals surface area (Å²) >= 11 is 0. The van der Waals surface area contributed by atoms with Gasteiger partial charge in [-0.25, -0.2) is 0 Å². The quantitative estimate of drug-likeness (QED) is 0.848. The zero-order chi connectivity index (χ0) is 15.4. The van der Waals surface area contributed by atoms with Crippen LogP contribution in [0.3, 0.4) is 0 Å². The zero-order valence-electron chi connectivity index (χ0n) is 11.3. The highest BCUT2D eigenvalue weighted by Crippen LogP contribution is 2.20. The van der Waals surface area contributed by atoms with Crippen LogP contribution in [0.25, 0.3) is 0 Å². The number of nitrogen functional groups attached to an aromatic ring is 1. The molecule has 0 aliphatic rings. The van der Waals surface area contributed by atoms with Crippen molar-refractivity contribution >= 4 is 17.3 Å². The Morgan fingerprint density at radius 2 is 1.86 bits per heavy atom. The number of aryl methyl sites for hydroxylation is 1. The van der Waals surface area contributed by atoms with E-state index in [-0.39, 0.29) is 11.7 Å². The van der Waals surface area contributed by atoms with E-state index in [1.165, 1.54) is 24.3 Å². The van der Waals surface area contributed by atoms with Crippen molar-refractivity contribution in [2.75, 3.05) is 11.1 Å². The molecule has 1 amide bonds. The molecule has 0 aliphatic heterocycles. The van der Waals surface area contributed by atoms with Crippen LogP contribution in [0.15, 0.2) is 42.5 Å². The maximum absolute atomic E-state index is 12.1. The normalized spacial score (nSPS) is 10.5. The molecule has 2 aromatic carbocycles. The number of nitrogens with two attached hydrogens (primary N) is 1. The zero-order valence-corrected chi connectivity index (χ0v) is 11.3. The number of hydrogen-bond acceptors (Lipinski definition) is 3. The van der Waals surface area contributed by atoms with Gasteiger partial charge in [0.15, 0.2) is 0 Å². The van der Waals surface area contributed by atoms with E-state index in [4.69, 9.17) is 5.73 Å². The van der Waals surface area contributed by atoms with Crippen molar-refractivity contribution in [2.45, 2.75) is 13.5 Å². The SMILES string of the molecule is Cc1cc(N)ccc1NC(=O)c1ccc(OC(F)F)cc1. The highest BCUT2D eigenvalue weighted by molar-refractivity contribution is 6.04. The van der Waals surface area contributed by atoms with Gasteiger partial charge in [-0.2, -0.15) is 8.78 Å². The van der Waals surface area contributed by atoms with E-state index in [1.807, 2.05) is 6.92 Å². The standard InChI is InChI=1S/C15H14F2N2O2/c1-9-8-11(18)4-7-13(9)19-14(20)10-2-5-12(6-3-10)21-15(16)17/h2-8,15H,18H2,1H3,(H,19,20). The van der Waals surface area contributed by atoms with Gasteiger partial charge in [0.2, 0.25) is 0 Å². The Bertz CT molecular complexity index is 643. The summed E-state index contributed by atoms with van der Waals surface area (Å²) in [6, 6.07) is 10.6. The molecule has 0 saturated heterocycles. The van der Waals surface area contributed by atoms with Crippen molar-refractivity contribution in [1.82, 2.24) is 0 Å². The van der Waals surface area contributed by atoms with Crippen LogP contribution < -0.4 is 15.8 Å². The molecular formula is C15H14F2N2O2. The minimum atomic E-state index is -2.89. The third kappa shape index (κ3) is 3.92. The molecule has 0 fully saturated rings. The van der Waals surface area contributed by atoms with Gasteiger partial charge < -0.3 is 15.8 Å². The molecule has 21 heavy (non-hydrogen) atoms. The monoisotopic (exact) mass is 292 g/mol. The molecule has 0 aromatic heterocycles. The summed E-state index contributed by atoms with van der Waals surface area (Å²) in [7, 11) is 0. The van der Waals surface area contributed by atoms with Crippen LogP contribution in [0.1, 0.15) is 15.9 Å². The lowest BCUT2D eigenvalue weighted by atomic mass is 10.1. The number of rotatable bonds is 4. The largest absolute Gasteiger partial charge is 0.435 e. The van der Waals surface area contributed by atoms with Crippen molar-refractivity contribution < 1.29 is 18.3 Å². The molecule has 4 nitrogen and oxygen atoms in total. The lowest BCUT2D eigenvalue weighted by Crippen LogP contribution is -2.13.